The lowest BCUT2D eigenvalue weighted by molar-refractivity contribution is 0.208. The molecule has 0 aliphatic heterocycles. The fourth-order valence-electron chi connectivity index (χ4n) is 4.47. The zero-order chi connectivity index (χ0) is 20.7. The van der Waals surface area contributed by atoms with Crippen molar-refractivity contribution in [2.24, 2.45) is 0 Å². The van der Waals surface area contributed by atoms with Gasteiger partial charge in [0.2, 0.25) is 9.84 Å². The molecule has 30 heavy (non-hydrogen) atoms. The van der Waals surface area contributed by atoms with Gasteiger partial charge in [-0.2, -0.15) is 0 Å². The van der Waals surface area contributed by atoms with E-state index < -0.39 is 9.84 Å². The second-order valence-electron chi connectivity index (χ2n) is 8.09. The highest BCUT2D eigenvalue weighted by Gasteiger charge is 2.30. The van der Waals surface area contributed by atoms with Crippen LogP contribution in [-0.4, -0.2) is 14.5 Å². The summed E-state index contributed by atoms with van der Waals surface area (Å²) in [5, 5.41) is 3.51. The van der Waals surface area contributed by atoms with Crippen LogP contribution in [0.4, 0.5) is 0 Å². The fraction of sp³-hybridized carbons (Fsp3) is 0.231. The standard InChI is InChI=1S/C26H24O3S/c1-18-14-16-20(17-15-18)30(27,28)26-24-13-7-5-11-22(24)21-10-4-6-12-23(21)25(26)29-19-8-2-3-9-19/h4-7,10-17,19H,2-3,8-9H2,1H3. The number of hydrogen-bond donors (Lipinski definition) is 0. The van der Waals surface area contributed by atoms with Crippen LogP contribution in [0.25, 0.3) is 21.5 Å². The predicted octanol–water partition coefficient (Wildman–Crippen LogP) is 6.46. The zero-order valence-corrected chi connectivity index (χ0v) is 17.8. The molecule has 0 amide bonds. The Morgan fingerprint density at radius 2 is 1.27 bits per heavy atom. The normalized spacial score (nSPS) is 15.1. The Kier molecular flexibility index (Phi) is 4.75. The van der Waals surface area contributed by atoms with Crippen molar-refractivity contribution >= 4 is 31.4 Å². The molecule has 4 aromatic carbocycles. The highest BCUT2D eigenvalue weighted by molar-refractivity contribution is 7.91. The first-order valence-corrected chi connectivity index (χ1v) is 12.0. The minimum absolute atomic E-state index is 0.0570. The van der Waals surface area contributed by atoms with E-state index in [-0.39, 0.29) is 11.0 Å². The molecule has 0 N–H and O–H groups in total. The first kappa shape index (κ1) is 19.1. The molecule has 0 unspecified atom stereocenters. The van der Waals surface area contributed by atoms with Crippen LogP contribution in [0.15, 0.2) is 82.6 Å². The molecule has 5 rings (SSSR count). The van der Waals surface area contributed by atoms with Gasteiger partial charge in [-0.05, 0) is 55.5 Å². The molecule has 0 aromatic heterocycles. The molecule has 0 radical (unpaired) electrons. The lowest BCUT2D eigenvalue weighted by atomic mass is 10.0. The Morgan fingerprint density at radius 1 is 0.733 bits per heavy atom. The number of hydrogen-bond acceptors (Lipinski definition) is 3. The van der Waals surface area contributed by atoms with E-state index in [2.05, 4.69) is 0 Å². The van der Waals surface area contributed by atoms with Crippen LogP contribution in [0, 0.1) is 6.92 Å². The Hall–Kier alpha value is -2.85. The van der Waals surface area contributed by atoms with E-state index in [1.807, 2.05) is 67.6 Å². The lowest BCUT2D eigenvalue weighted by Gasteiger charge is -2.21. The first-order valence-electron chi connectivity index (χ1n) is 10.5. The van der Waals surface area contributed by atoms with Crippen molar-refractivity contribution in [2.45, 2.75) is 48.5 Å². The molecule has 3 nitrogen and oxygen atoms in total. The van der Waals surface area contributed by atoms with E-state index in [9.17, 15) is 8.42 Å². The maximum atomic E-state index is 13.9. The van der Waals surface area contributed by atoms with Crippen molar-refractivity contribution in [3.63, 3.8) is 0 Å². The van der Waals surface area contributed by atoms with Crippen LogP contribution in [0.3, 0.4) is 0 Å². The molecule has 1 aliphatic rings. The van der Waals surface area contributed by atoms with Crippen molar-refractivity contribution in [1.82, 2.24) is 0 Å². The zero-order valence-electron chi connectivity index (χ0n) is 17.0. The van der Waals surface area contributed by atoms with Crippen molar-refractivity contribution in [2.75, 3.05) is 0 Å². The van der Waals surface area contributed by atoms with Gasteiger partial charge in [-0.15, -0.1) is 0 Å². The molecule has 4 aromatic rings. The SMILES string of the molecule is Cc1ccc(S(=O)(=O)c2c(OC3CCCC3)c3ccccc3c3ccccc23)cc1. The van der Waals surface area contributed by atoms with Crippen molar-refractivity contribution < 1.29 is 13.2 Å². The Labute approximate surface area is 177 Å². The van der Waals surface area contributed by atoms with Gasteiger partial charge in [0, 0.05) is 10.8 Å². The van der Waals surface area contributed by atoms with Gasteiger partial charge < -0.3 is 4.74 Å². The smallest absolute Gasteiger partial charge is 0.210 e. The molecule has 0 atom stereocenters. The van der Waals surface area contributed by atoms with Crippen LogP contribution >= 0.6 is 0 Å². The third kappa shape index (κ3) is 3.16. The monoisotopic (exact) mass is 416 g/mol. The summed E-state index contributed by atoms with van der Waals surface area (Å²) in [5.74, 6) is 0.497. The van der Waals surface area contributed by atoms with E-state index >= 15 is 0 Å². The number of benzene rings is 4. The lowest BCUT2D eigenvalue weighted by Crippen LogP contribution is -2.15. The maximum absolute atomic E-state index is 13.9. The summed E-state index contributed by atoms with van der Waals surface area (Å²) in [5.41, 5.74) is 1.03. The van der Waals surface area contributed by atoms with Crippen molar-refractivity contribution in [1.29, 1.82) is 0 Å². The molecular weight excluding hydrogens is 392 g/mol. The largest absolute Gasteiger partial charge is 0.488 e. The minimum atomic E-state index is -3.77. The third-order valence-electron chi connectivity index (χ3n) is 6.03. The molecule has 4 heteroatoms. The summed E-state index contributed by atoms with van der Waals surface area (Å²) in [4.78, 5) is 0.581. The van der Waals surface area contributed by atoms with Gasteiger partial charge >= 0.3 is 0 Å². The van der Waals surface area contributed by atoms with Crippen LogP contribution in [0.5, 0.6) is 5.75 Å². The third-order valence-corrected chi connectivity index (χ3v) is 7.86. The molecule has 1 aliphatic carbocycles. The van der Waals surface area contributed by atoms with Gasteiger partial charge in [-0.3, -0.25) is 0 Å². The highest BCUT2D eigenvalue weighted by Crippen LogP contribution is 2.44. The van der Waals surface area contributed by atoms with Crippen LogP contribution < -0.4 is 4.74 Å². The van der Waals surface area contributed by atoms with Crippen LogP contribution in [-0.2, 0) is 9.84 Å². The Morgan fingerprint density at radius 3 is 1.90 bits per heavy atom. The summed E-state index contributed by atoms with van der Waals surface area (Å²) >= 11 is 0. The van der Waals surface area contributed by atoms with Gasteiger partial charge in [0.1, 0.15) is 10.6 Å². The topological polar surface area (TPSA) is 43.4 Å². The second-order valence-corrected chi connectivity index (χ2v) is 9.98. The van der Waals surface area contributed by atoms with Gasteiger partial charge in [0.15, 0.2) is 0 Å². The first-order chi connectivity index (χ1) is 14.6. The quantitative estimate of drug-likeness (QED) is 0.359. The summed E-state index contributed by atoms with van der Waals surface area (Å²) in [6.07, 6.45) is 4.23. The van der Waals surface area contributed by atoms with E-state index in [4.69, 9.17) is 4.74 Å². The summed E-state index contributed by atoms with van der Waals surface area (Å²) < 4.78 is 34.3. The molecule has 1 fully saturated rings. The summed E-state index contributed by atoms with van der Waals surface area (Å²) in [6, 6.07) is 22.7. The average molecular weight is 417 g/mol. The van der Waals surface area contributed by atoms with Gasteiger partial charge in [0.05, 0.1) is 11.0 Å². The molecule has 0 bridgehead atoms. The van der Waals surface area contributed by atoms with E-state index in [1.54, 1.807) is 12.1 Å². The maximum Gasteiger partial charge on any atom is 0.210 e. The minimum Gasteiger partial charge on any atom is -0.488 e. The van der Waals surface area contributed by atoms with Gasteiger partial charge in [0.25, 0.3) is 0 Å². The second kappa shape index (κ2) is 7.44. The van der Waals surface area contributed by atoms with Crippen LogP contribution in [0.1, 0.15) is 31.2 Å². The summed E-state index contributed by atoms with van der Waals surface area (Å²) in [6.45, 7) is 1.95. The molecule has 0 saturated heterocycles. The van der Waals surface area contributed by atoms with Crippen molar-refractivity contribution in [3.05, 3.63) is 78.4 Å². The highest BCUT2D eigenvalue weighted by atomic mass is 32.2. The van der Waals surface area contributed by atoms with E-state index in [1.165, 1.54) is 0 Å². The van der Waals surface area contributed by atoms with Crippen LogP contribution in [0.2, 0.25) is 0 Å². The molecule has 1 saturated carbocycles. The number of sulfone groups is 1. The summed E-state index contributed by atoms with van der Waals surface area (Å²) in [7, 11) is -3.77. The number of aryl methyl sites for hydroxylation is 1. The number of ether oxygens (including phenoxy) is 1. The molecule has 152 valence electrons. The predicted molar refractivity (Wildman–Crippen MR) is 121 cm³/mol. The Bertz CT molecular complexity index is 1330. The van der Waals surface area contributed by atoms with Gasteiger partial charge in [-0.25, -0.2) is 8.42 Å². The molecular formula is C26H24O3S. The fourth-order valence-corrected chi connectivity index (χ4v) is 6.07. The van der Waals surface area contributed by atoms with Gasteiger partial charge in [-0.1, -0.05) is 66.2 Å². The average Bonchev–Trinajstić information content (AvgIpc) is 3.27. The van der Waals surface area contributed by atoms with E-state index in [0.29, 0.717) is 16.0 Å². The Balaban J connectivity index is 1.87. The number of rotatable bonds is 4. The van der Waals surface area contributed by atoms with Crippen molar-refractivity contribution in [3.8, 4) is 5.75 Å². The molecule has 0 spiro atoms. The number of fused-ring (bicyclic) bond motifs is 3. The molecule has 0 heterocycles. The van der Waals surface area contributed by atoms with E-state index in [0.717, 1.165) is 47.4 Å².